The highest BCUT2D eigenvalue weighted by Gasteiger charge is 2.29. The molecule has 6 nitrogen and oxygen atoms in total. The van der Waals surface area contributed by atoms with E-state index in [2.05, 4.69) is 28.1 Å². The third kappa shape index (κ3) is 3.13. The number of aromatic nitrogens is 3. The number of rotatable bonds is 4. The zero-order chi connectivity index (χ0) is 17.3. The summed E-state index contributed by atoms with van der Waals surface area (Å²) >= 11 is 0. The Bertz CT molecular complexity index is 733. The van der Waals surface area contributed by atoms with E-state index in [1.165, 1.54) is 11.2 Å². The summed E-state index contributed by atoms with van der Waals surface area (Å²) in [7, 11) is 0. The topological polar surface area (TPSA) is 71.2 Å². The van der Waals surface area contributed by atoms with Gasteiger partial charge in [-0.25, -0.2) is 4.79 Å². The summed E-state index contributed by atoms with van der Waals surface area (Å²) in [5.74, 6) is -0.533. The van der Waals surface area contributed by atoms with Crippen molar-refractivity contribution in [1.82, 2.24) is 15.0 Å². The van der Waals surface area contributed by atoms with Crippen LogP contribution in [0.3, 0.4) is 0 Å². The maximum Gasteiger partial charge on any atom is 0.360 e. The van der Waals surface area contributed by atoms with Gasteiger partial charge in [0.2, 0.25) is 5.69 Å². The van der Waals surface area contributed by atoms with E-state index in [0.29, 0.717) is 11.9 Å². The lowest BCUT2D eigenvalue weighted by Gasteiger charge is -2.35. The van der Waals surface area contributed by atoms with Crippen molar-refractivity contribution in [3.8, 4) is 5.69 Å². The average Bonchev–Trinajstić information content (AvgIpc) is 2.99. The molecule has 0 aliphatic carbocycles. The highest BCUT2D eigenvalue weighted by atomic mass is 16.4. The minimum Gasteiger partial charge on any atom is -0.476 e. The minimum atomic E-state index is -1.03. The van der Waals surface area contributed by atoms with Crippen LogP contribution in [0.5, 0.6) is 0 Å². The number of anilines is 1. The number of aromatic carboxylic acids is 1. The van der Waals surface area contributed by atoms with Crippen molar-refractivity contribution in [1.29, 1.82) is 0 Å². The zero-order valence-corrected chi connectivity index (χ0v) is 14.5. The first-order valence-electron chi connectivity index (χ1n) is 8.55. The number of carbonyl (C=O) groups is 1. The van der Waals surface area contributed by atoms with Gasteiger partial charge in [0.05, 0.1) is 5.69 Å². The molecule has 2 aromatic rings. The molecule has 0 spiro atoms. The number of benzene rings is 1. The van der Waals surface area contributed by atoms with Crippen LogP contribution in [0, 0.1) is 13.8 Å². The average molecular weight is 328 g/mol. The number of carboxylic acid groups (broad SMARTS) is 1. The third-order valence-corrected chi connectivity index (χ3v) is 4.61. The molecule has 0 bridgehead atoms. The van der Waals surface area contributed by atoms with E-state index >= 15 is 0 Å². The summed E-state index contributed by atoms with van der Waals surface area (Å²) < 4.78 is 0. The van der Waals surface area contributed by atoms with Crippen LogP contribution < -0.4 is 4.90 Å². The van der Waals surface area contributed by atoms with Crippen molar-refractivity contribution in [2.24, 2.45) is 0 Å². The SMILES string of the molecule is CC[C@@H]1CCCCN1c1nn(-c2cc(C)cc(C)c2)nc1C(=O)O. The van der Waals surface area contributed by atoms with Gasteiger partial charge in [-0.3, -0.25) is 0 Å². The van der Waals surface area contributed by atoms with Crippen molar-refractivity contribution in [2.45, 2.75) is 52.5 Å². The monoisotopic (exact) mass is 328 g/mol. The Labute approximate surface area is 142 Å². The van der Waals surface area contributed by atoms with Crippen molar-refractivity contribution in [3.63, 3.8) is 0 Å². The van der Waals surface area contributed by atoms with Crippen molar-refractivity contribution >= 4 is 11.8 Å². The van der Waals surface area contributed by atoms with Crippen LogP contribution in [0.1, 0.15) is 54.2 Å². The lowest BCUT2D eigenvalue weighted by Crippen LogP contribution is -2.40. The molecule has 0 unspecified atom stereocenters. The Hall–Kier alpha value is -2.37. The Kier molecular flexibility index (Phi) is 4.55. The van der Waals surface area contributed by atoms with Crippen molar-refractivity contribution in [3.05, 3.63) is 35.0 Å². The van der Waals surface area contributed by atoms with Crippen LogP contribution in [0.15, 0.2) is 18.2 Å². The molecular formula is C18H24N4O2. The first-order valence-corrected chi connectivity index (χ1v) is 8.55. The van der Waals surface area contributed by atoms with E-state index < -0.39 is 5.97 Å². The lowest BCUT2D eigenvalue weighted by atomic mass is 10.00. The highest BCUT2D eigenvalue weighted by Crippen LogP contribution is 2.28. The van der Waals surface area contributed by atoms with E-state index in [-0.39, 0.29) is 5.69 Å². The first-order chi connectivity index (χ1) is 11.5. The molecule has 128 valence electrons. The molecule has 0 radical (unpaired) electrons. The predicted molar refractivity (Wildman–Crippen MR) is 93.1 cm³/mol. The van der Waals surface area contributed by atoms with E-state index in [9.17, 15) is 9.90 Å². The van der Waals surface area contributed by atoms with Gasteiger partial charge in [0.15, 0.2) is 5.82 Å². The zero-order valence-electron chi connectivity index (χ0n) is 14.5. The second-order valence-corrected chi connectivity index (χ2v) is 6.56. The van der Waals surface area contributed by atoms with Gasteiger partial charge < -0.3 is 10.0 Å². The standard InChI is InChI=1S/C18H24N4O2/c1-4-14-7-5-6-8-21(14)17-16(18(23)24)19-22(20-17)15-10-12(2)9-13(3)11-15/h9-11,14H,4-8H2,1-3H3,(H,23,24)/t14-/m1/s1. The summed E-state index contributed by atoms with van der Waals surface area (Å²) in [5, 5.41) is 18.4. The molecule has 1 N–H and O–H groups in total. The number of hydrogen-bond acceptors (Lipinski definition) is 4. The largest absolute Gasteiger partial charge is 0.476 e. The van der Waals surface area contributed by atoms with E-state index in [4.69, 9.17) is 0 Å². The molecule has 1 atom stereocenters. The Balaban J connectivity index is 2.06. The smallest absolute Gasteiger partial charge is 0.360 e. The normalized spacial score (nSPS) is 18.0. The van der Waals surface area contributed by atoms with E-state index in [1.54, 1.807) is 0 Å². The summed E-state index contributed by atoms with van der Waals surface area (Å²) in [5.41, 5.74) is 3.04. The quantitative estimate of drug-likeness (QED) is 0.932. The van der Waals surface area contributed by atoms with E-state index in [1.807, 2.05) is 26.0 Å². The maximum absolute atomic E-state index is 11.7. The van der Waals surface area contributed by atoms with E-state index in [0.717, 1.165) is 42.6 Å². The predicted octanol–water partition coefficient (Wildman–Crippen LogP) is 3.35. The highest BCUT2D eigenvalue weighted by molar-refractivity contribution is 5.91. The first kappa shape index (κ1) is 16.5. The molecule has 1 aliphatic rings. The van der Waals surface area contributed by atoms with Gasteiger partial charge >= 0.3 is 5.97 Å². The molecule has 0 amide bonds. The Morgan fingerprint density at radius 3 is 2.54 bits per heavy atom. The van der Waals surface area contributed by atoms with Crippen LogP contribution >= 0.6 is 0 Å². The summed E-state index contributed by atoms with van der Waals surface area (Å²) in [6, 6.07) is 6.34. The van der Waals surface area contributed by atoms with Gasteiger partial charge in [0.25, 0.3) is 0 Å². The number of nitrogens with zero attached hydrogens (tertiary/aromatic N) is 4. The molecule has 3 rings (SSSR count). The molecule has 1 fully saturated rings. The lowest BCUT2D eigenvalue weighted by molar-refractivity contribution is 0.0690. The van der Waals surface area contributed by atoms with Crippen molar-refractivity contribution in [2.75, 3.05) is 11.4 Å². The van der Waals surface area contributed by atoms with Crippen LogP contribution in [0.25, 0.3) is 5.69 Å². The Morgan fingerprint density at radius 2 is 1.92 bits per heavy atom. The molecule has 24 heavy (non-hydrogen) atoms. The molecule has 1 saturated heterocycles. The number of hydrogen-bond donors (Lipinski definition) is 1. The van der Waals surface area contributed by atoms with Gasteiger partial charge in [-0.1, -0.05) is 13.0 Å². The fraction of sp³-hybridized carbons (Fsp3) is 0.500. The van der Waals surface area contributed by atoms with Crippen LogP contribution in [-0.2, 0) is 0 Å². The number of piperidine rings is 1. The van der Waals surface area contributed by atoms with Gasteiger partial charge in [-0.05, 0) is 62.8 Å². The van der Waals surface area contributed by atoms with Crippen LogP contribution in [0.4, 0.5) is 5.82 Å². The maximum atomic E-state index is 11.7. The molecule has 1 aromatic carbocycles. The molecular weight excluding hydrogens is 304 g/mol. The van der Waals surface area contributed by atoms with Gasteiger partial charge in [-0.2, -0.15) is 0 Å². The van der Waals surface area contributed by atoms with Crippen LogP contribution in [0.2, 0.25) is 0 Å². The number of aryl methyl sites for hydroxylation is 2. The Morgan fingerprint density at radius 1 is 1.21 bits per heavy atom. The van der Waals surface area contributed by atoms with Gasteiger partial charge in [0.1, 0.15) is 0 Å². The molecule has 6 heteroatoms. The fourth-order valence-corrected chi connectivity index (χ4v) is 3.52. The van der Waals surface area contributed by atoms with Gasteiger partial charge in [-0.15, -0.1) is 15.0 Å². The second-order valence-electron chi connectivity index (χ2n) is 6.56. The summed E-state index contributed by atoms with van der Waals surface area (Å²) in [6.07, 6.45) is 4.30. The summed E-state index contributed by atoms with van der Waals surface area (Å²) in [4.78, 5) is 15.3. The molecule has 1 aromatic heterocycles. The third-order valence-electron chi connectivity index (χ3n) is 4.61. The van der Waals surface area contributed by atoms with Crippen molar-refractivity contribution < 1.29 is 9.90 Å². The van der Waals surface area contributed by atoms with Crippen LogP contribution in [-0.4, -0.2) is 38.7 Å². The molecule has 1 aliphatic heterocycles. The molecule has 2 heterocycles. The van der Waals surface area contributed by atoms with Gasteiger partial charge in [0, 0.05) is 12.6 Å². The minimum absolute atomic E-state index is 0.0366. The number of carboxylic acids is 1. The second kappa shape index (κ2) is 6.63. The fourth-order valence-electron chi connectivity index (χ4n) is 3.52. The summed E-state index contributed by atoms with van der Waals surface area (Å²) in [6.45, 7) is 7.00. The molecule has 0 saturated carbocycles.